The highest BCUT2D eigenvalue weighted by atomic mass is 16.5. The summed E-state index contributed by atoms with van der Waals surface area (Å²) in [5, 5.41) is 8.65. The zero-order valence-corrected chi connectivity index (χ0v) is 7.45. The van der Waals surface area contributed by atoms with Crippen LogP contribution in [0.1, 0.15) is 19.8 Å². The summed E-state index contributed by atoms with van der Waals surface area (Å²) < 4.78 is 4.52. The van der Waals surface area contributed by atoms with Crippen LogP contribution in [0.4, 0.5) is 0 Å². The standard InChI is InChI=1S/C9H11NO3/c1-2-13-9(12)8(11)7(5-10)6-3-4-6/h6-7H,2-4H2,1H3. The van der Waals surface area contributed by atoms with Crippen LogP contribution in [-0.2, 0) is 14.3 Å². The molecule has 13 heavy (non-hydrogen) atoms. The van der Waals surface area contributed by atoms with Gasteiger partial charge in [-0.15, -0.1) is 0 Å². The van der Waals surface area contributed by atoms with E-state index < -0.39 is 17.7 Å². The summed E-state index contributed by atoms with van der Waals surface area (Å²) >= 11 is 0. The number of hydrogen-bond donors (Lipinski definition) is 0. The molecule has 0 heterocycles. The van der Waals surface area contributed by atoms with E-state index in [4.69, 9.17) is 5.26 Å². The van der Waals surface area contributed by atoms with Gasteiger partial charge in [0.1, 0.15) is 5.92 Å². The third-order valence-electron chi connectivity index (χ3n) is 1.99. The van der Waals surface area contributed by atoms with Gasteiger partial charge in [0.2, 0.25) is 0 Å². The van der Waals surface area contributed by atoms with E-state index in [1.54, 1.807) is 6.92 Å². The van der Waals surface area contributed by atoms with Crippen LogP contribution in [0.5, 0.6) is 0 Å². The fourth-order valence-corrected chi connectivity index (χ4v) is 1.14. The maximum absolute atomic E-state index is 11.2. The fraction of sp³-hybridized carbons (Fsp3) is 0.667. The molecule has 1 aliphatic rings. The van der Waals surface area contributed by atoms with Crippen molar-refractivity contribution >= 4 is 11.8 Å². The predicted molar refractivity (Wildman–Crippen MR) is 43.5 cm³/mol. The number of nitrogens with zero attached hydrogens (tertiary/aromatic N) is 1. The van der Waals surface area contributed by atoms with Gasteiger partial charge in [0, 0.05) is 0 Å². The first-order chi connectivity index (χ1) is 6.20. The van der Waals surface area contributed by atoms with Crippen LogP contribution in [-0.4, -0.2) is 18.4 Å². The maximum atomic E-state index is 11.2. The molecule has 1 unspecified atom stereocenters. The summed E-state index contributed by atoms with van der Waals surface area (Å²) in [7, 11) is 0. The molecule has 4 nitrogen and oxygen atoms in total. The number of carbonyl (C=O) groups excluding carboxylic acids is 2. The number of nitriles is 1. The van der Waals surface area contributed by atoms with Crippen LogP contribution in [0.25, 0.3) is 0 Å². The molecule has 0 spiro atoms. The third-order valence-corrected chi connectivity index (χ3v) is 1.99. The molecule has 1 rings (SSSR count). The summed E-state index contributed by atoms with van der Waals surface area (Å²) in [6.07, 6.45) is 1.73. The van der Waals surface area contributed by atoms with Gasteiger partial charge in [0.05, 0.1) is 12.7 Å². The van der Waals surface area contributed by atoms with E-state index in [1.807, 2.05) is 6.07 Å². The third kappa shape index (κ3) is 2.28. The predicted octanol–water partition coefficient (Wildman–Crippen LogP) is 0.668. The Morgan fingerprint density at radius 3 is 2.62 bits per heavy atom. The average Bonchev–Trinajstić information content (AvgIpc) is 2.90. The van der Waals surface area contributed by atoms with Crippen molar-refractivity contribution in [3.63, 3.8) is 0 Å². The lowest BCUT2D eigenvalue weighted by Crippen LogP contribution is -2.26. The van der Waals surface area contributed by atoms with Crippen molar-refractivity contribution in [3.05, 3.63) is 0 Å². The lowest BCUT2D eigenvalue weighted by Gasteiger charge is -2.04. The molecule has 0 aromatic carbocycles. The van der Waals surface area contributed by atoms with Gasteiger partial charge in [-0.2, -0.15) is 5.26 Å². The Balaban J connectivity index is 2.54. The molecule has 1 atom stereocenters. The Morgan fingerprint density at radius 1 is 1.62 bits per heavy atom. The van der Waals surface area contributed by atoms with Crippen LogP contribution in [0.3, 0.4) is 0 Å². The Kier molecular flexibility index (Phi) is 3.02. The minimum Gasteiger partial charge on any atom is -0.460 e. The molecule has 1 saturated carbocycles. The number of carbonyl (C=O) groups is 2. The highest BCUT2D eigenvalue weighted by Crippen LogP contribution is 2.37. The van der Waals surface area contributed by atoms with E-state index >= 15 is 0 Å². The number of Topliss-reactive ketones (excluding diaryl/α,β-unsaturated/α-hetero) is 1. The minimum absolute atomic E-state index is 0.0851. The van der Waals surface area contributed by atoms with E-state index in [1.165, 1.54) is 0 Å². The Morgan fingerprint density at radius 2 is 2.23 bits per heavy atom. The van der Waals surface area contributed by atoms with Gasteiger partial charge in [-0.3, -0.25) is 4.79 Å². The van der Waals surface area contributed by atoms with Crippen LogP contribution < -0.4 is 0 Å². The van der Waals surface area contributed by atoms with Crippen molar-refractivity contribution < 1.29 is 14.3 Å². The zero-order valence-electron chi connectivity index (χ0n) is 7.45. The second-order valence-electron chi connectivity index (χ2n) is 3.03. The summed E-state index contributed by atoms with van der Waals surface area (Å²) in [6, 6.07) is 1.85. The number of ether oxygens (including phenoxy) is 1. The first-order valence-corrected chi connectivity index (χ1v) is 4.31. The Hall–Kier alpha value is -1.37. The molecule has 0 N–H and O–H groups in total. The van der Waals surface area contributed by atoms with Crippen LogP contribution in [0.2, 0.25) is 0 Å². The van der Waals surface area contributed by atoms with Crippen molar-refractivity contribution in [1.82, 2.24) is 0 Å². The summed E-state index contributed by atoms with van der Waals surface area (Å²) in [6.45, 7) is 1.80. The highest BCUT2D eigenvalue weighted by Gasteiger charge is 2.39. The quantitative estimate of drug-likeness (QED) is 0.472. The molecule has 0 aromatic rings. The highest BCUT2D eigenvalue weighted by molar-refractivity contribution is 6.35. The van der Waals surface area contributed by atoms with Gasteiger partial charge in [-0.1, -0.05) is 0 Å². The summed E-state index contributed by atoms with van der Waals surface area (Å²) in [5.41, 5.74) is 0. The number of esters is 1. The minimum atomic E-state index is -0.874. The van der Waals surface area contributed by atoms with Crippen molar-refractivity contribution in [3.8, 4) is 6.07 Å². The topological polar surface area (TPSA) is 67.2 Å². The van der Waals surface area contributed by atoms with E-state index in [0.717, 1.165) is 12.8 Å². The average molecular weight is 181 g/mol. The number of ketones is 1. The fourth-order valence-electron chi connectivity index (χ4n) is 1.14. The number of hydrogen-bond acceptors (Lipinski definition) is 4. The van der Waals surface area contributed by atoms with Crippen molar-refractivity contribution in [2.45, 2.75) is 19.8 Å². The van der Waals surface area contributed by atoms with Gasteiger partial charge in [0.25, 0.3) is 5.78 Å². The van der Waals surface area contributed by atoms with E-state index in [0.29, 0.717) is 0 Å². The summed E-state index contributed by atoms with van der Waals surface area (Å²) in [4.78, 5) is 22.2. The smallest absolute Gasteiger partial charge is 0.376 e. The van der Waals surface area contributed by atoms with E-state index in [9.17, 15) is 9.59 Å². The molecule has 1 fully saturated rings. The molecule has 0 bridgehead atoms. The van der Waals surface area contributed by atoms with Crippen molar-refractivity contribution in [2.75, 3.05) is 6.61 Å². The molecular formula is C9H11NO3. The molecule has 0 aliphatic heterocycles. The normalized spacial score (nSPS) is 17.2. The molecule has 0 amide bonds. The van der Waals surface area contributed by atoms with Crippen LogP contribution in [0, 0.1) is 23.2 Å². The Bertz CT molecular complexity index is 263. The Labute approximate surface area is 76.5 Å². The van der Waals surface area contributed by atoms with Crippen molar-refractivity contribution in [2.24, 2.45) is 11.8 Å². The number of rotatable bonds is 4. The molecule has 0 saturated heterocycles. The van der Waals surface area contributed by atoms with Crippen LogP contribution >= 0.6 is 0 Å². The molecule has 1 aliphatic carbocycles. The van der Waals surface area contributed by atoms with Crippen molar-refractivity contribution in [1.29, 1.82) is 5.26 Å². The lowest BCUT2D eigenvalue weighted by atomic mass is 10.0. The molecular weight excluding hydrogens is 170 g/mol. The maximum Gasteiger partial charge on any atom is 0.376 e. The second-order valence-corrected chi connectivity index (χ2v) is 3.03. The van der Waals surface area contributed by atoms with E-state index in [2.05, 4.69) is 4.74 Å². The first kappa shape index (κ1) is 9.72. The summed E-state index contributed by atoms with van der Waals surface area (Å²) in [5.74, 6) is -2.26. The van der Waals surface area contributed by atoms with E-state index in [-0.39, 0.29) is 12.5 Å². The van der Waals surface area contributed by atoms with Gasteiger partial charge in [0.15, 0.2) is 0 Å². The van der Waals surface area contributed by atoms with Gasteiger partial charge in [-0.05, 0) is 25.7 Å². The molecule has 4 heteroatoms. The second kappa shape index (κ2) is 4.04. The van der Waals surface area contributed by atoms with Gasteiger partial charge >= 0.3 is 5.97 Å². The largest absolute Gasteiger partial charge is 0.460 e. The lowest BCUT2D eigenvalue weighted by molar-refractivity contribution is -0.154. The first-order valence-electron chi connectivity index (χ1n) is 4.31. The zero-order chi connectivity index (χ0) is 9.84. The monoisotopic (exact) mass is 181 g/mol. The van der Waals surface area contributed by atoms with Gasteiger partial charge < -0.3 is 4.74 Å². The van der Waals surface area contributed by atoms with Gasteiger partial charge in [-0.25, -0.2) is 4.79 Å². The molecule has 70 valence electrons. The SMILES string of the molecule is CCOC(=O)C(=O)C(C#N)C1CC1. The molecule has 0 radical (unpaired) electrons. The van der Waals surface area contributed by atoms with Crippen LogP contribution in [0.15, 0.2) is 0 Å². The molecule has 0 aromatic heterocycles.